The van der Waals surface area contributed by atoms with Gasteiger partial charge < -0.3 is 10.6 Å². The van der Waals surface area contributed by atoms with Crippen molar-refractivity contribution in [3.05, 3.63) is 58.1 Å². The Labute approximate surface area is 154 Å². The molecule has 4 rings (SSSR count). The van der Waals surface area contributed by atoms with Gasteiger partial charge in [-0.15, -0.1) is 0 Å². The molecule has 0 aromatic heterocycles. The van der Waals surface area contributed by atoms with Gasteiger partial charge in [-0.2, -0.15) is 5.26 Å². The lowest BCUT2D eigenvalue weighted by atomic mass is 9.73. The molecule has 1 aliphatic heterocycles. The third-order valence-electron chi connectivity index (χ3n) is 5.22. The van der Waals surface area contributed by atoms with Crippen LogP contribution in [0.25, 0.3) is 0 Å². The largest absolute Gasteiger partial charge is 0.382 e. The number of fused-ring (bicyclic) bond motifs is 1. The lowest BCUT2D eigenvalue weighted by Gasteiger charge is -2.39. The van der Waals surface area contributed by atoms with E-state index < -0.39 is 0 Å². The highest BCUT2D eigenvalue weighted by Gasteiger charge is 2.35. The van der Waals surface area contributed by atoms with Gasteiger partial charge in [-0.05, 0) is 60.1 Å². The molecule has 128 valence electrons. The van der Waals surface area contributed by atoms with E-state index >= 15 is 0 Å². The van der Waals surface area contributed by atoms with Gasteiger partial charge in [0.1, 0.15) is 0 Å². The van der Waals surface area contributed by atoms with Gasteiger partial charge in [0.2, 0.25) is 0 Å². The minimum absolute atomic E-state index is 0.0539. The molecule has 2 aliphatic rings. The zero-order valence-corrected chi connectivity index (χ0v) is 15.3. The summed E-state index contributed by atoms with van der Waals surface area (Å²) in [5.74, 6) is 0. The van der Waals surface area contributed by atoms with Crippen molar-refractivity contribution in [3.8, 4) is 6.07 Å². The number of halogens is 1. The molecule has 0 radical (unpaired) electrons. The zero-order chi connectivity index (χ0) is 17.6. The lowest BCUT2D eigenvalue weighted by molar-refractivity contribution is 0.427. The minimum Gasteiger partial charge on any atom is -0.382 e. The summed E-state index contributed by atoms with van der Waals surface area (Å²) in [6, 6.07) is 15.4. The van der Waals surface area contributed by atoms with Crippen LogP contribution in [-0.4, -0.2) is 6.04 Å². The fourth-order valence-corrected chi connectivity index (χ4v) is 3.98. The smallest absolute Gasteiger partial charge is 0.0992 e. The number of nitrogens with one attached hydrogen (secondary N) is 2. The fourth-order valence-electron chi connectivity index (χ4n) is 3.71. The van der Waals surface area contributed by atoms with Crippen LogP contribution < -0.4 is 10.6 Å². The summed E-state index contributed by atoms with van der Waals surface area (Å²) in [5, 5.41) is 17.0. The molecule has 2 aromatic rings. The Kier molecular flexibility index (Phi) is 3.89. The number of benzene rings is 2. The summed E-state index contributed by atoms with van der Waals surface area (Å²) >= 11 is 6.49. The van der Waals surface area contributed by atoms with Crippen LogP contribution in [-0.2, 0) is 5.41 Å². The summed E-state index contributed by atoms with van der Waals surface area (Å²) < 4.78 is 0. The lowest BCUT2D eigenvalue weighted by Crippen LogP contribution is -2.31. The van der Waals surface area contributed by atoms with Crippen LogP contribution in [0.4, 0.5) is 11.4 Å². The number of hydrogen-bond donors (Lipinski definition) is 2. The monoisotopic (exact) mass is 351 g/mol. The molecule has 0 saturated heterocycles. The van der Waals surface area contributed by atoms with Crippen molar-refractivity contribution < 1.29 is 0 Å². The van der Waals surface area contributed by atoms with Crippen molar-refractivity contribution in [1.29, 1.82) is 5.26 Å². The van der Waals surface area contributed by atoms with Gasteiger partial charge >= 0.3 is 0 Å². The van der Waals surface area contributed by atoms with Crippen molar-refractivity contribution >= 4 is 23.0 Å². The average molecular weight is 352 g/mol. The van der Waals surface area contributed by atoms with Gasteiger partial charge in [0.25, 0.3) is 0 Å². The third-order valence-corrected chi connectivity index (χ3v) is 5.52. The first kappa shape index (κ1) is 16.3. The first-order chi connectivity index (χ1) is 12.0. The molecule has 1 aliphatic carbocycles. The average Bonchev–Trinajstić information content (AvgIpc) is 3.39. The Morgan fingerprint density at radius 2 is 2.04 bits per heavy atom. The molecule has 0 amide bonds. The molecule has 3 nitrogen and oxygen atoms in total. The molecule has 1 unspecified atom stereocenters. The van der Waals surface area contributed by atoms with Gasteiger partial charge in [-0.1, -0.05) is 37.6 Å². The predicted molar refractivity (Wildman–Crippen MR) is 103 cm³/mol. The van der Waals surface area contributed by atoms with Crippen LogP contribution in [0.2, 0.25) is 5.02 Å². The maximum atomic E-state index is 9.24. The van der Waals surface area contributed by atoms with E-state index in [0.29, 0.717) is 16.6 Å². The highest BCUT2D eigenvalue weighted by atomic mass is 35.5. The second-order valence-corrected chi connectivity index (χ2v) is 8.23. The topological polar surface area (TPSA) is 47.8 Å². The molecule has 1 fully saturated rings. The number of rotatable bonds is 3. The van der Waals surface area contributed by atoms with Crippen LogP contribution in [0.5, 0.6) is 0 Å². The maximum absolute atomic E-state index is 9.24. The van der Waals surface area contributed by atoms with Crippen molar-refractivity contribution in [3.63, 3.8) is 0 Å². The molecular weight excluding hydrogens is 330 g/mol. The molecule has 1 atom stereocenters. The number of hydrogen-bond acceptors (Lipinski definition) is 3. The van der Waals surface area contributed by atoms with E-state index in [4.69, 9.17) is 11.6 Å². The molecule has 1 heterocycles. The summed E-state index contributed by atoms with van der Waals surface area (Å²) in [4.78, 5) is 0. The molecular formula is C21H22ClN3. The second kappa shape index (κ2) is 5.97. The van der Waals surface area contributed by atoms with Crippen LogP contribution in [0.3, 0.4) is 0 Å². The summed E-state index contributed by atoms with van der Waals surface area (Å²) in [6.07, 6.45) is 3.49. The Morgan fingerprint density at radius 3 is 2.76 bits per heavy atom. The van der Waals surface area contributed by atoms with Gasteiger partial charge in [0, 0.05) is 11.7 Å². The SMILES string of the molecule is CC1(C)CC(c2cccc(NC3CC3)c2)Nc2c(Cl)cc(C#N)cc21. The van der Waals surface area contributed by atoms with Gasteiger partial charge in [-0.25, -0.2) is 0 Å². The van der Waals surface area contributed by atoms with E-state index in [-0.39, 0.29) is 11.5 Å². The Hall–Kier alpha value is -2.18. The Balaban J connectivity index is 1.69. The predicted octanol–water partition coefficient (Wildman–Crippen LogP) is 5.62. The summed E-state index contributed by atoms with van der Waals surface area (Å²) in [6.45, 7) is 4.45. The van der Waals surface area contributed by atoms with Crippen molar-refractivity contribution in [2.45, 2.75) is 50.6 Å². The number of anilines is 2. The van der Waals surface area contributed by atoms with E-state index in [9.17, 15) is 5.26 Å². The van der Waals surface area contributed by atoms with E-state index in [1.807, 2.05) is 6.07 Å². The highest BCUT2D eigenvalue weighted by Crippen LogP contribution is 2.47. The summed E-state index contributed by atoms with van der Waals surface area (Å²) in [7, 11) is 0. The van der Waals surface area contributed by atoms with E-state index in [1.54, 1.807) is 6.07 Å². The van der Waals surface area contributed by atoms with Crippen molar-refractivity contribution in [1.82, 2.24) is 0 Å². The molecule has 2 N–H and O–H groups in total. The second-order valence-electron chi connectivity index (χ2n) is 7.82. The van der Waals surface area contributed by atoms with Gasteiger partial charge in [0.05, 0.1) is 28.4 Å². The third kappa shape index (κ3) is 3.19. The standard InChI is InChI=1S/C21H22ClN3/c1-21(2)11-19(14-4-3-5-16(10-14)24-15-6-7-15)25-20-17(21)8-13(12-23)9-18(20)22/h3-5,8-10,15,19,24-25H,6-7,11H2,1-2H3. The first-order valence-electron chi connectivity index (χ1n) is 8.83. The molecule has 0 bridgehead atoms. The Morgan fingerprint density at radius 1 is 1.24 bits per heavy atom. The molecule has 1 saturated carbocycles. The quantitative estimate of drug-likeness (QED) is 0.754. The zero-order valence-electron chi connectivity index (χ0n) is 14.6. The van der Waals surface area contributed by atoms with E-state index in [1.165, 1.54) is 24.1 Å². The molecule has 25 heavy (non-hydrogen) atoms. The van der Waals surface area contributed by atoms with Crippen LogP contribution in [0.15, 0.2) is 36.4 Å². The Bertz CT molecular complexity index is 862. The van der Waals surface area contributed by atoms with Crippen molar-refractivity contribution in [2.75, 3.05) is 10.6 Å². The molecule has 0 spiro atoms. The van der Waals surface area contributed by atoms with Gasteiger partial charge in [0.15, 0.2) is 0 Å². The maximum Gasteiger partial charge on any atom is 0.0992 e. The van der Waals surface area contributed by atoms with Crippen LogP contribution in [0.1, 0.15) is 55.8 Å². The van der Waals surface area contributed by atoms with E-state index in [0.717, 1.165) is 17.7 Å². The van der Waals surface area contributed by atoms with E-state index in [2.05, 4.69) is 54.8 Å². The first-order valence-corrected chi connectivity index (χ1v) is 9.21. The normalized spacial score (nSPS) is 21.0. The highest BCUT2D eigenvalue weighted by molar-refractivity contribution is 6.33. The van der Waals surface area contributed by atoms with Crippen LogP contribution >= 0.6 is 11.6 Å². The van der Waals surface area contributed by atoms with Crippen molar-refractivity contribution in [2.24, 2.45) is 0 Å². The van der Waals surface area contributed by atoms with Gasteiger partial charge in [-0.3, -0.25) is 0 Å². The number of nitrogens with zero attached hydrogens (tertiary/aromatic N) is 1. The molecule has 4 heteroatoms. The minimum atomic E-state index is -0.0539. The number of nitriles is 1. The van der Waals surface area contributed by atoms with Crippen LogP contribution in [0, 0.1) is 11.3 Å². The molecule has 2 aromatic carbocycles. The fraction of sp³-hybridized carbons (Fsp3) is 0.381. The summed E-state index contributed by atoms with van der Waals surface area (Å²) in [5.41, 5.74) is 5.11.